The van der Waals surface area contributed by atoms with Crippen LogP contribution in [-0.4, -0.2) is 21.9 Å². The molecule has 2 heterocycles. The van der Waals surface area contributed by atoms with Crippen LogP contribution in [0.1, 0.15) is 38.8 Å². The highest BCUT2D eigenvalue weighted by Gasteiger charge is 2.19. The summed E-state index contributed by atoms with van der Waals surface area (Å²) in [7, 11) is 0. The average Bonchev–Trinajstić information content (AvgIpc) is 3.24. The quantitative estimate of drug-likeness (QED) is 0.463. The highest BCUT2D eigenvalue weighted by atomic mass is 35.5. The highest BCUT2D eigenvalue weighted by molar-refractivity contribution is 7.73. The van der Waals surface area contributed by atoms with E-state index in [-0.39, 0.29) is 5.88 Å². The van der Waals surface area contributed by atoms with Crippen LogP contribution in [0.4, 0.5) is 5.69 Å². The van der Waals surface area contributed by atoms with Crippen molar-refractivity contribution in [2.24, 2.45) is 4.99 Å². The number of para-hydroxylation sites is 1. The van der Waals surface area contributed by atoms with Crippen molar-refractivity contribution in [3.8, 4) is 5.88 Å². The molecule has 0 saturated carbocycles. The van der Waals surface area contributed by atoms with Crippen molar-refractivity contribution in [3.63, 3.8) is 0 Å². The van der Waals surface area contributed by atoms with Gasteiger partial charge in [0.25, 0.3) is 5.91 Å². The molecule has 5 nitrogen and oxygen atoms in total. The molecule has 0 unspecified atom stereocenters. The summed E-state index contributed by atoms with van der Waals surface area (Å²) in [6.45, 7) is 3.98. The Morgan fingerprint density at radius 1 is 1.37 bits per heavy atom. The second-order valence-corrected chi connectivity index (χ2v) is 8.92. The highest BCUT2D eigenvalue weighted by Crippen LogP contribution is 2.38. The van der Waals surface area contributed by atoms with Crippen molar-refractivity contribution in [1.29, 1.82) is 0 Å². The fourth-order valence-corrected chi connectivity index (χ4v) is 4.76. The van der Waals surface area contributed by atoms with Gasteiger partial charge in [0.2, 0.25) is 5.88 Å². The summed E-state index contributed by atoms with van der Waals surface area (Å²) in [6, 6.07) is 11.2. The van der Waals surface area contributed by atoms with Gasteiger partial charge in [0.15, 0.2) is 3.95 Å². The molecular formula is C22H18ClN3O2S2. The van der Waals surface area contributed by atoms with Crippen LogP contribution in [0.15, 0.2) is 41.4 Å². The Labute approximate surface area is 188 Å². The minimum Gasteiger partial charge on any atom is -0.492 e. The third-order valence-electron chi connectivity index (χ3n) is 4.83. The largest absolute Gasteiger partial charge is 0.492 e. The number of aromatic hydroxyl groups is 1. The zero-order chi connectivity index (χ0) is 21.4. The van der Waals surface area contributed by atoms with Gasteiger partial charge in [-0.2, -0.15) is 4.68 Å². The lowest BCUT2D eigenvalue weighted by molar-refractivity contribution is 0.101. The lowest BCUT2D eigenvalue weighted by Gasteiger charge is -2.09. The van der Waals surface area contributed by atoms with Crippen molar-refractivity contribution in [3.05, 3.63) is 72.5 Å². The third-order valence-corrected chi connectivity index (χ3v) is 6.45. The Hall–Kier alpha value is -2.74. The number of thiazole rings is 1. The van der Waals surface area contributed by atoms with E-state index < -0.39 is 5.91 Å². The van der Waals surface area contributed by atoms with Gasteiger partial charge in [-0.25, -0.2) is 0 Å². The Balaban J connectivity index is 1.66. The molecule has 0 radical (unpaired) electrons. The average molecular weight is 456 g/mol. The molecule has 0 saturated heterocycles. The topological polar surface area (TPSA) is 66.6 Å². The predicted octanol–water partition coefficient (Wildman–Crippen LogP) is 6.15. The van der Waals surface area contributed by atoms with Gasteiger partial charge >= 0.3 is 0 Å². The molecule has 30 heavy (non-hydrogen) atoms. The number of nitrogens with zero attached hydrogens (tertiary/aromatic N) is 2. The van der Waals surface area contributed by atoms with Gasteiger partial charge in [0.1, 0.15) is 0 Å². The molecule has 0 aliphatic carbocycles. The third kappa shape index (κ3) is 3.71. The predicted molar refractivity (Wildman–Crippen MR) is 127 cm³/mol. The number of benzene rings is 2. The van der Waals surface area contributed by atoms with Crippen LogP contribution in [0.5, 0.6) is 5.88 Å². The van der Waals surface area contributed by atoms with E-state index in [0.717, 1.165) is 28.8 Å². The maximum atomic E-state index is 12.6. The number of aryl methyl sites for hydroxylation is 2. The molecule has 3 aromatic rings. The number of rotatable bonds is 4. The van der Waals surface area contributed by atoms with Crippen LogP contribution in [0.25, 0.3) is 11.6 Å². The van der Waals surface area contributed by atoms with Gasteiger partial charge < -0.3 is 5.11 Å². The number of carbonyl (C=O) groups excluding carboxylic acids is 1. The summed E-state index contributed by atoms with van der Waals surface area (Å²) in [6.07, 6.45) is 4.50. The first-order chi connectivity index (χ1) is 14.4. The van der Waals surface area contributed by atoms with E-state index in [1.54, 1.807) is 24.4 Å². The number of aliphatic imine (C=N–C) groups is 1. The molecular weight excluding hydrogens is 438 g/mol. The molecule has 0 atom stereocenters. The Kier molecular flexibility index (Phi) is 5.60. The molecule has 1 aliphatic heterocycles. The minimum atomic E-state index is -0.455. The summed E-state index contributed by atoms with van der Waals surface area (Å²) in [5.74, 6) is -0.591. The summed E-state index contributed by atoms with van der Waals surface area (Å²) in [4.78, 5) is 17.7. The van der Waals surface area contributed by atoms with Crippen molar-refractivity contribution in [2.75, 3.05) is 5.43 Å². The molecule has 0 spiro atoms. The number of halogens is 1. The molecule has 1 aromatic heterocycles. The lowest BCUT2D eigenvalue weighted by atomic mass is 10.0. The zero-order valence-electron chi connectivity index (χ0n) is 16.3. The number of allylic oxidation sites excluding steroid dienone is 1. The summed E-state index contributed by atoms with van der Waals surface area (Å²) in [5, 5.41) is 11.0. The van der Waals surface area contributed by atoms with E-state index in [9.17, 15) is 9.90 Å². The minimum absolute atomic E-state index is 0.136. The van der Waals surface area contributed by atoms with Crippen LogP contribution in [0.2, 0.25) is 5.02 Å². The fraction of sp³-hybridized carbons (Fsp3) is 0.136. The first-order valence-corrected chi connectivity index (χ1v) is 10.9. The Bertz CT molecular complexity index is 1290. The van der Waals surface area contributed by atoms with E-state index in [1.165, 1.54) is 21.6 Å². The number of hydrogen-bond acceptors (Lipinski definition) is 5. The second kappa shape index (κ2) is 8.18. The molecule has 152 valence electrons. The first kappa shape index (κ1) is 20.5. The van der Waals surface area contributed by atoms with Crippen LogP contribution in [0, 0.1) is 10.9 Å². The molecule has 1 amide bonds. The normalized spacial score (nSPS) is 13.6. The Morgan fingerprint density at radius 3 is 2.90 bits per heavy atom. The van der Waals surface area contributed by atoms with E-state index in [1.807, 2.05) is 25.1 Å². The standard InChI is InChI=1S/C22H18ClN3O2S2/c1-3-13-5-4-6-15-14(11-24-19(13)15)10-18-21(28)26(22(29)30-18)25-20(27)16-8-7-12(2)9-17(16)23/h4-11,28H,3H2,1-2H3,(H,25,27). The number of carbonyl (C=O) groups is 1. The molecule has 1 aliphatic rings. The lowest BCUT2D eigenvalue weighted by Crippen LogP contribution is -2.22. The number of aromatic nitrogens is 1. The summed E-state index contributed by atoms with van der Waals surface area (Å²) >= 11 is 12.7. The van der Waals surface area contributed by atoms with Gasteiger partial charge in [-0.3, -0.25) is 15.2 Å². The van der Waals surface area contributed by atoms with Crippen LogP contribution in [0.3, 0.4) is 0 Å². The van der Waals surface area contributed by atoms with E-state index in [4.69, 9.17) is 23.8 Å². The SMILES string of the molecule is CCc1cccc2c1N=CC2=Cc1sc(=S)n(NC(=O)c2ccc(C)cc2Cl)c1O. The smallest absolute Gasteiger partial charge is 0.271 e. The van der Waals surface area contributed by atoms with Crippen molar-refractivity contribution < 1.29 is 9.90 Å². The van der Waals surface area contributed by atoms with Crippen molar-refractivity contribution >= 4 is 64.6 Å². The number of hydrogen-bond donors (Lipinski definition) is 2. The maximum absolute atomic E-state index is 12.6. The monoisotopic (exact) mass is 455 g/mol. The number of nitrogens with one attached hydrogen (secondary N) is 1. The molecule has 2 N–H and O–H groups in total. The molecule has 4 rings (SSSR count). The number of amides is 1. The zero-order valence-corrected chi connectivity index (χ0v) is 18.7. The van der Waals surface area contributed by atoms with Crippen LogP contribution >= 0.6 is 35.2 Å². The van der Waals surface area contributed by atoms with E-state index in [2.05, 4.69) is 23.4 Å². The second-order valence-electron chi connectivity index (χ2n) is 6.84. The van der Waals surface area contributed by atoms with Crippen LogP contribution in [-0.2, 0) is 6.42 Å². The van der Waals surface area contributed by atoms with Gasteiger partial charge in [-0.1, -0.05) is 54.1 Å². The summed E-state index contributed by atoms with van der Waals surface area (Å²) in [5.41, 5.74) is 7.89. The van der Waals surface area contributed by atoms with Crippen LogP contribution < -0.4 is 5.43 Å². The van der Waals surface area contributed by atoms with Gasteiger partial charge in [-0.05, 0) is 54.9 Å². The van der Waals surface area contributed by atoms with Gasteiger partial charge in [-0.15, -0.1) is 0 Å². The van der Waals surface area contributed by atoms with Crippen molar-refractivity contribution in [1.82, 2.24) is 4.68 Å². The maximum Gasteiger partial charge on any atom is 0.271 e. The Morgan fingerprint density at radius 2 is 2.17 bits per heavy atom. The van der Waals surface area contributed by atoms with Gasteiger partial charge in [0, 0.05) is 17.4 Å². The summed E-state index contributed by atoms with van der Waals surface area (Å²) < 4.78 is 1.51. The molecule has 8 heteroatoms. The molecule has 0 fully saturated rings. The van der Waals surface area contributed by atoms with E-state index in [0.29, 0.717) is 19.4 Å². The molecule has 0 bridgehead atoms. The van der Waals surface area contributed by atoms with Gasteiger partial charge in [0.05, 0.1) is 21.2 Å². The van der Waals surface area contributed by atoms with Crippen molar-refractivity contribution in [2.45, 2.75) is 20.3 Å². The number of fused-ring (bicyclic) bond motifs is 1. The molecule has 2 aromatic carbocycles. The fourth-order valence-electron chi connectivity index (χ4n) is 3.26. The first-order valence-electron chi connectivity index (χ1n) is 9.29. The van der Waals surface area contributed by atoms with E-state index >= 15 is 0 Å².